The predicted octanol–water partition coefficient (Wildman–Crippen LogP) is 4.17. The predicted molar refractivity (Wildman–Crippen MR) is 121 cm³/mol. The Hall–Kier alpha value is -1.51. The maximum Gasteiger partial charge on any atom is 0.321 e. The van der Waals surface area contributed by atoms with Crippen molar-refractivity contribution < 1.29 is 19.8 Å². The molecular weight excluding hydrogens is 476 g/mol. The number of carboxylic acids is 2. The zero-order valence-corrected chi connectivity index (χ0v) is 19.6. The Labute approximate surface area is 197 Å². The molecule has 0 bridgehead atoms. The van der Waals surface area contributed by atoms with Crippen LogP contribution in [-0.2, 0) is 22.6 Å². The molecule has 2 atom stereocenters. The lowest BCUT2D eigenvalue weighted by Crippen LogP contribution is -2.49. The molecule has 0 spiro atoms. The normalized spacial score (nSPS) is 12.6. The second-order valence-corrected chi connectivity index (χ2v) is 7.95. The number of aliphatic carboxylic acids is 2. The van der Waals surface area contributed by atoms with Gasteiger partial charge in [0.1, 0.15) is 12.1 Å². The Balaban J connectivity index is 0.00000420. The zero-order valence-electron chi connectivity index (χ0n) is 16.4. The van der Waals surface area contributed by atoms with Crippen molar-refractivity contribution in [2.45, 2.75) is 45.3 Å². The van der Waals surface area contributed by atoms with E-state index < -0.39 is 24.0 Å². The summed E-state index contributed by atoms with van der Waals surface area (Å²) in [6.45, 7) is 4.19. The van der Waals surface area contributed by atoms with Crippen molar-refractivity contribution in [1.29, 1.82) is 0 Å². The second kappa shape index (κ2) is 13.0. The quantitative estimate of drug-likeness (QED) is 0.452. The molecule has 2 aromatic rings. The number of halogens is 4. The highest BCUT2D eigenvalue weighted by Gasteiger charge is 2.27. The molecule has 168 valence electrons. The molecule has 1 heterocycles. The molecule has 3 N–H and O–H groups in total. The summed E-state index contributed by atoms with van der Waals surface area (Å²) >= 11 is 12.1. The van der Waals surface area contributed by atoms with E-state index in [2.05, 4.69) is 10.3 Å². The number of benzene rings is 1. The number of rotatable bonds is 10. The SMILES string of the molecule is CC(C)C[C@H](N[C@@H](Cc1cncn1Cc1cc(Cl)cc(Cl)c1)C(=O)O)C(=O)O.Cl.Cl. The minimum atomic E-state index is -1.12. The first-order valence-electron chi connectivity index (χ1n) is 8.81. The van der Waals surface area contributed by atoms with Crippen molar-refractivity contribution >= 4 is 60.0 Å². The molecule has 0 radical (unpaired) electrons. The van der Waals surface area contributed by atoms with Crippen LogP contribution in [-0.4, -0.2) is 43.8 Å². The smallest absolute Gasteiger partial charge is 0.321 e. The van der Waals surface area contributed by atoms with Crippen molar-refractivity contribution in [1.82, 2.24) is 14.9 Å². The Bertz CT molecular complexity index is 825. The number of carbonyl (C=O) groups is 2. The largest absolute Gasteiger partial charge is 0.480 e. The number of hydrogen-bond acceptors (Lipinski definition) is 4. The molecule has 1 aromatic heterocycles. The van der Waals surface area contributed by atoms with Gasteiger partial charge in [-0.3, -0.25) is 14.9 Å². The molecule has 0 aliphatic rings. The Morgan fingerprint density at radius 3 is 2.13 bits per heavy atom. The minimum Gasteiger partial charge on any atom is -0.480 e. The number of aromatic nitrogens is 2. The van der Waals surface area contributed by atoms with Gasteiger partial charge < -0.3 is 14.8 Å². The molecule has 0 amide bonds. The molecular formula is C19H25Cl4N3O4. The third-order valence-corrected chi connectivity index (χ3v) is 4.63. The van der Waals surface area contributed by atoms with Gasteiger partial charge in [-0.05, 0) is 36.1 Å². The molecule has 0 saturated carbocycles. The van der Waals surface area contributed by atoms with Crippen molar-refractivity contribution in [2.75, 3.05) is 0 Å². The van der Waals surface area contributed by atoms with Crippen molar-refractivity contribution in [3.8, 4) is 0 Å². The number of hydrogen-bond donors (Lipinski definition) is 3. The molecule has 0 fully saturated rings. The summed E-state index contributed by atoms with van der Waals surface area (Å²) in [5.41, 5.74) is 1.50. The van der Waals surface area contributed by atoms with Gasteiger partial charge in [-0.1, -0.05) is 37.0 Å². The summed E-state index contributed by atoms with van der Waals surface area (Å²) in [7, 11) is 0. The fraction of sp³-hybridized carbons (Fsp3) is 0.421. The van der Waals surface area contributed by atoms with Gasteiger partial charge in [0.15, 0.2) is 0 Å². The van der Waals surface area contributed by atoms with Crippen LogP contribution in [0.15, 0.2) is 30.7 Å². The summed E-state index contributed by atoms with van der Waals surface area (Å²) in [5.74, 6) is -2.07. The molecule has 1 aromatic carbocycles. The molecule has 11 heteroatoms. The molecule has 30 heavy (non-hydrogen) atoms. The standard InChI is InChI=1S/C19H23Cl2N3O4.2ClH/c1-11(2)3-16(18(25)26)23-17(19(27)28)7-15-8-22-10-24(15)9-12-4-13(20)6-14(21)5-12;;/h4-6,8,10-11,16-17,23H,3,7,9H2,1-2H3,(H,25,26)(H,27,28);2*1H/t16-,17-;;/m0../s1. The van der Waals surface area contributed by atoms with Crippen LogP contribution in [0.3, 0.4) is 0 Å². The van der Waals surface area contributed by atoms with E-state index in [0.717, 1.165) is 5.56 Å². The average Bonchev–Trinajstić information content (AvgIpc) is 2.98. The fourth-order valence-corrected chi connectivity index (χ4v) is 3.51. The highest BCUT2D eigenvalue weighted by molar-refractivity contribution is 6.34. The minimum absolute atomic E-state index is 0. The van der Waals surface area contributed by atoms with E-state index >= 15 is 0 Å². The van der Waals surface area contributed by atoms with Gasteiger partial charge in [-0.2, -0.15) is 0 Å². The van der Waals surface area contributed by atoms with Gasteiger partial charge in [0.05, 0.1) is 6.33 Å². The molecule has 0 saturated heterocycles. The van der Waals surface area contributed by atoms with Crippen LogP contribution >= 0.6 is 48.0 Å². The summed E-state index contributed by atoms with van der Waals surface area (Å²) < 4.78 is 1.79. The van der Waals surface area contributed by atoms with Crippen LogP contribution in [0, 0.1) is 5.92 Å². The average molecular weight is 501 g/mol. The number of imidazole rings is 1. The fourth-order valence-electron chi connectivity index (χ4n) is 2.94. The number of carboxylic acid groups (broad SMARTS) is 2. The first kappa shape index (κ1) is 28.5. The van der Waals surface area contributed by atoms with Crippen LogP contribution in [0.5, 0.6) is 0 Å². The second-order valence-electron chi connectivity index (χ2n) is 7.07. The molecule has 2 rings (SSSR count). The van der Waals surface area contributed by atoms with E-state index in [9.17, 15) is 19.8 Å². The third-order valence-electron chi connectivity index (χ3n) is 4.19. The Morgan fingerprint density at radius 2 is 1.63 bits per heavy atom. The number of nitrogens with zero attached hydrogens (tertiary/aromatic N) is 2. The summed E-state index contributed by atoms with van der Waals surface area (Å²) in [4.78, 5) is 27.3. The third kappa shape index (κ3) is 8.70. The number of nitrogens with one attached hydrogen (secondary N) is 1. The van der Waals surface area contributed by atoms with E-state index in [4.69, 9.17) is 23.2 Å². The van der Waals surface area contributed by atoms with E-state index in [1.807, 2.05) is 13.8 Å². The molecule has 0 unspecified atom stereocenters. The molecule has 0 aliphatic heterocycles. The van der Waals surface area contributed by atoms with Crippen molar-refractivity contribution in [2.24, 2.45) is 5.92 Å². The monoisotopic (exact) mass is 499 g/mol. The lowest BCUT2D eigenvalue weighted by atomic mass is 10.0. The van der Waals surface area contributed by atoms with Gasteiger partial charge in [0.25, 0.3) is 0 Å². The van der Waals surface area contributed by atoms with Gasteiger partial charge >= 0.3 is 11.9 Å². The maximum absolute atomic E-state index is 11.7. The first-order chi connectivity index (χ1) is 13.2. The van der Waals surface area contributed by atoms with Crippen LogP contribution in [0.25, 0.3) is 0 Å². The summed E-state index contributed by atoms with van der Waals surface area (Å²) in [5, 5.41) is 22.7. The van der Waals surface area contributed by atoms with E-state index in [-0.39, 0.29) is 37.2 Å². The molecule has 7 nitrogen and oxygen atoms in total. The van der Waals surface area contributed by atoms with Gasteiger partial charge in [0.2, 0.25) is 0 Å². The van der Waals surface area contributed by atoms with Crippen LogP contribution in [0.2, 0.25) is 10.0 Å². The van der Waals surface area contributed by atoms with Crippen molar-refractivity contribution in [3.63, 3.8) is 0 Å². The Kier molecular flexibility index (Phi) is 12.4. The summed E-state index contributed by atoms with van der Waals surface area (Å²) in [6.07, 6.45) is 3.58. The van der Waals surface area contributed by atoms with E-state index in [1.54, 1.807) is 35.3 Å². The van der Waals surface area contributed by atoms with E-state index in [1.165, 1.54) is 0 Å². The van der Waals surface area contributed by atoms with Gasteiger partial charge in [-0.15, -0.1) is 24.8 Å². The topological polar surface area (TPSA) is 104 Å². The van der Waals surface area contributed by atoms with Crippen LogP contribution in [0.4, 0.5) is 0 Å². The van der Waals surface area contributed by atoms with Gasteiger partial charge in [0, 0.05) is 34.9 Å². The maximum atomic E-state index is 11.7. The van der Waals surface area contributed by atoms with Crippen molar-refractivity contribution in [3.05, 3.63) is 52.0 Å². The lowest BCUT2D eigenvalue weighted by Gasteiger charge is -2.22. The lowest BCUT2D eigenvalue weighted by molar-refractivity contribution is -0.142. The van der Waals surface area contributed by atoms with Gasteiger partial charge in [-0.25, -0.2) is 4.98 Å². The first-order valence-corrected chi connectivity index (χ1v) is 9.57. The zero-order chi connectivity index (χ0) is 20.8. The van der Waals surface area contributed by atoms with Crippen LogP contribution < -0.4 is 5.32 Å². The highest BCUT2D eigenvalue weighted by Crippen LogP contribution is 2.20. The summed E-state index contributed by atoms with van der Waals surface area (Å²) in [6, 6.07) is 3.18. The Morgan fingerprint density at radius 1 is 1.07 bits per heavy atom. The van der Waals surface area contributed by atoms with Crippen LogP contribution in [0.1, 0.15) is 31.5 Å². The highest BCUT2D eigenvalue weighted by atomic mass is 35.5. The molecule has 0 aliphatic carbocycles. The van der Waals surface area contributed by atoms with E-state index in [0.29, 0.717) is 28.7 Å².